The number of pyridine rings is 1. The summed E-state index contributed by atoms with van der Waals surface area (Å²) in [5.74, 6) is 1.53. The van der Waals surface area contributed by atoms with Gasteiger partial charge in [-0.25, -0.2) is 4.98 Å². The Morgan fingerprint density at radius 1 is 1.26 bits per heavy atom. The van der Waals surface area contributed by atoms with E-state index < -0.39 is 0 Å². The van der Waals surface area contributed by atoms with E-state index in [0.717, 1.165) is 17.7 Å². The first-order valence-electron chi connectivity index (χ1n) is 6.14. The third-order valence-electron chi connectivity index (χ3n) is 3.16. The van der Waals surface area contributed by atoms with E-state index in [1.54, 1.807) is 12.1 Å². The number of nitrogens with zero attached hydrogens (tertiary/aromatic N) is 1. The van der Waals surface area contributed by atoms with E-state index >= 15 is 0 Å². The number of fused-ring (bicyclic) bond motifs is 1. The van der Waals surface area contributed by atoms with E-state index in [4.69, 9.17) is 22.1 Å². The van der Waals surface area contributed by atoms with E-state index in [1.807, 2.05) is 24.3 Å². The van der Waals surface area contributed by atoms with Crippen LogP contribution in [0.1, 0.15) is 18.0 Å². The Balaban J connectivity index is 1.90. The molecule has 0 fully saturated rings. The summed E-state index contributed by atoms with van der Waals surface area (Å²) in [4.78, 5) is 4.23. The van der Waals surface area contributed by atoms with Crippen molar-refractivity contribution in [3.8, 4) is 5.75 Å². The van der Waals surface area contributed by atoms with Crippen molar-refractivity contribution in [2.75, 3.05) is 17.7 Å². The molecule has 0 saturated heterocycles. The second-order valence-electron chi connectivity index (χ2n) is 4.44. The number of nitrogens with two attached hydrogens (primary N) is 1. The highest BCUT2D eigenvalue weighted by molar-refractivity contribution is 6.29. The Morgan fingerprint density at radius 2 is 2.11 bits per heavy atom. The largest absolute Gasteiger partial charge is 0.493 e. The van der Waals surface area contributed by atoms with Gasteiger partial charge in [-0.2, -0.15) is 0 Å². The summed E-state index contributed by atoms with van der Waals surface area (Å²) < 4.78 is 5.63. The standard InChI is InChI=1S/C14H14ClN3O/c15-13-6-5-10(16)14(18-13)17-11-7-8-19-12-4-2-1-3-9(11)12/h1-6,11H,7-8,16H2,(H,17,18). The molecule has 2 aromatic rings. The third-order valence-corrected chi connectivity index (χ3v) is 3.37. The minimum Gasteiger partial charge on any atom is -0.493 e. The molecule has 3 N–H and O–H groups in total. The molecule has 0 radical (unpaired) electrons. The number of hydrogen-bond acceptors (Lipinski definition) is 4. The molecule has 0 bridgehead atoms. The molecular formula is C14H14ClN3O. The molecule has 1 aromatic heterocycles. The Bertz CT molecular complexity index is 603. The maximum absolute atomic E-state index is 5.91. The van der Waals surface area contributed by atoms with Crippen molar-refractivity contribution < 1.29 is 4.74 Å². The van der Waals surface area contributed by atoms with Gasteiger partial charge in [0.25, 0.3) is 0 Å². The molecule has 19 heavy (non-hydrogen) atoms. The van der Waals surface area contributed by atoms with Crippen LogP contribution in [0.5, 0.6) is 5.75 Å². The van der Waals surface area contributed by atoms with Crippen LogP contribution in [0, 0.1) is 0 Å². The minimum atomic E-state index is 0.137. The quantitative estimate of drug-likeness (QED) is 0.826. The Morgan fingerprint density at radius 3 is 3.00 bits per heavy atom. The van der Waals surface area contributed by atoms with Crippen LogP contribution in [-0.2, 0) is 0 Å². The monoisotopic (exact) mass is 275 g/mol. The minimum absolute atomic E-state index is 0.137. The molecule has 1 aliphatic heterocycles. The molecule has 1 unspecified atom stereocenters. The summed E-state index contributed by atoms with van der Waals surface area (Å²) in [7, 11) is 0. The maximum Gasteiger partial charge on any atom is 0.151 e. The van der Waals surface area contributed by atoms with Crippen LogP contribution in [0.4, 0.5) is 11.5 Å². The highest BCUT2D eigenvalue weighted by Crippen LogP contribution is 2.34. The van der Waals surface area contributed by atoms with Crippen LogP contribution in [-0.4, -0.2) is 11.6 Å². The zero-order valence-corrected chi connectivity index (χ0v) is 11.0. The molecule has 4 nitrogen and oxygen atoms in total. The van der Waals surface area contributed by atoms with Crippen molar-refractivity contribution in [3.05, 3.63) is 47.1 Å². The van der Waals surface area contributed by atoms with Crippen molar-refractivity contribution in [2.45, 2.75) is 12.5 Å². The number of aromatic nitrogens is 1. The van der Waals surface area contributed by atoms with Gasteiger partial charge in [0.05, 0.1) is 18.3 Å². The number of benzene rings is 1. The molecule has 5 heteroatoms. The van der Waals surface area contributed by atoms with Crippen molar-refractivity contribution in [2.24, 2.45) is 0 Å². The van der Waals surface area contributed by atoms with Crippen molar-refractivity contribution in [1.82, 2.24) is 4.98 Å². The molecule has 1 aromatic carbocycles. The molecule has 3 rings (SSSR count). The van der Waals surface area contributed by atoms with E-state index in [1.165, 1.54) is 0 Å². The lowest BCUT2D eigenvalue weighted by Gasteiger charge is -2.27. The molecule has 1 atom stereocenters. The lowest BCUT2D eigenvalue weighted by Crippen LogP contribution is -2.21. The first-order valence-corrected chi connectivity index (χ1v) is 6.52. The topological polar surface area (TPSA) is 60.2 Å². The van der Waals surface area contributed by atoms with Crippen LogP contribution in [0.2, 0.25) is 5.15 Å². The number of hydrogen-bond donors (Lipinski definition) is 2. The zero-order chi connectivity index (χ0) is 13.2. The van der Waals surface area contributed by atoms with E-state index in [9.17, 15) is 0 Å². The second-order valence-corrected chi connectivity index (χ2v) is 4.83. The smallest absolute Gasteiger partial charge is 0.151 e. The molecule has 0 aliphatic carbocycles. The number of para-hydroxylation sites is 1. The fourth-order valence-corrected chi connectivity index (χ4v) is 2.37. The highest BCUT2D eigenvalue weighted by Gasteiger charge is 2.21. The Kier molecular flexibility index (Phi) is 3.17. The summed E-state index contributed by atoms with van der Waals surface area (Å²) in [5, 5.41) is 3.77. The lowest BCUT2D eigenvalue weighted by molar-refractivity contribution is 0.274. The number of rotatable bonds is 2. The van der Waals surface area contributed by atoms with Crippen LogP contribution in [0.15, 0.2) is 36.4 Å². The van der Waals surface area contributed by atoms with Crippen molar-refractivity contribution >= 4 is 23.1 Å². The summed E-state index contributed by atoms with van der Waals surface area (Å²) >= 11 is 5.90. The lowest BCUT2D eigenvalue weighted by atomic mass is 10.0. The molecule has 98 valence electrons. The van der Waals surface area contributed by atoms with Crippen LogP contribution in [0.3, 0.4) is 0 Å². The third kappa shape index (κ3) is 2.44. The van der Waals surface area contributed by atoms with Gasteiger partial charge in [-0.05, 0) is 18.2 Å². The summed E-state index contributed by atoms with van der Waals surface area (Å²) in [6.07, 6.45) is 0.866. The summed E-state index contributed by atoms with van der Waals surface area (Å²) in [6.45, 7) is 0.676. The average Bonchev–Trinajstić information content (AvgIpc) is 2.43. The molecular weight excluding hydrogens is 262 g/mol. The van der Waals surface area contributed by atoms with E-state index in [0.29, 0.717) is 23.3 Å². The summed E-state index contributed by atoms with van der Waals surface area (Å²) in [5.41, 5.74) is 7.62. The highest BCUT2D eigenvalue weighted by atomic mass is 35.5. The van der Waals surface area contributed by atoms with Gasteiger partial charge in [-0.15, -0.1) is 0 Å². The van der Waals surface area contributed by atoms with Gasteiger partial charge in [0.15, 0.2) is 5.82 Å². The number of anilines is 2. The fourth-order valence-electron chi connectivity index (χ4n) is 2.22. The number of nitrogen functional groups attached to an aromatic ring is 1. The number of halogens is 1. The normalized spacial score (nSPS) is 17.4. The predicted octanol–water partition coefficient (Wildman–Crippen LogP) is 3.25. The first-order chi connectivity index (χ1) is 9.24. The number of nitrogens with one attached hydrogen (secondary N) is 1. The summed E-state index contributed by atoms with van der Waals surface area (Å²) in [6, 6.07) is 11.6. The molecule has 0 spiro atoms. The Hall–Kier alpha value is -1.94. The maximum atomic E-state index is 5.91. The SMILES string of the molecule is Nc1ccc(Cl)nc1NC1CCOc2ccccc21. The second kappa shape index (κ2) is 4.97. The molecule has 0 saturated carbocycles. The van der Waals surface area contributed by atoms with Gasteiger partial charge in [-0.1, -0.05) is 29.8 Å². The number of ether oxygens (including phenoxy) is 1. The van der Waals surface area contributed by atoms with Gasteiger partial charge >= 0.3 is 0 Å². The zero-order valence-electron chi connectivity index (χ0n) is 10.3. The van der Waals surface area contributed by atoms with Gasteiger partial charge in [0.2, 0.25) is 0 Å². The first kappa shape index (κ1) is 12.1. The molecule has 2 heterocycles. The van der Waals surface area contributed by atoms with Crippen LogP contribution in [0.25, 0.3) is 0 Å². The Labute approximate surface area is 116 Å². The predicted molar refractivity (Wildman–Crippen MR) is 76.6 cm³/mol. The van der Waals surface area contributed by atoms with Crippen molar-refractivity contribution in [3.63, 3.8) is 0 Å². The van der Waals surface area contributed by atoms with Gasteiger partial charge in [0, 0.05) is 12.0 Å². The average molecular weight is 276 g/mol. The van der Waals surface area contributed by atoms with Crippen molar-refractivity contribution in [1.29, 1.82) is 0 Å². The molecule has 0 amide bonds. The van der Waals surface area contributed by atoms with Gasteiger partial charge in [-0.3, -0.25) is 0 Å². The van der Waals surface area contributed by atoms with Crippen LogP contribution < -0.4 is 15.8 Å². The van der Waals surface area contributed by atoms with Gasteiger partial charge < -0.3 is 15.8 Å². The van der Waals surface area contributed by atoms with E-state index in [2.05, 4.69) is 10.3 Å². The van der Waals surface area contributed by atoms with E-state index in [-0.39, 0.29) is 6.04 Å². The molecule has 1 aliphatic rings. The fraction of sp³-hybridized carbons (Fsp3) is 0.214. The van der Waals surface area contributed by atoms with Crippen LogP contribution >= 0.6 is 11.6 Å². The van der Waals surface area contributed by atoms with Gasteiger partial charge in [0.1, 0.15) is 10.9 Å².